The molecule has 0 fully saturated rings. The van der Waals surface area contributed by atoms with Crippen molar-refractivity contribution in [1.82, 2.24) is 5.43 Å². The van der Waals surface area contributed by atoms with E-state index in [0.717, 1.165) is 20.8 Å². The van der Waals surface area contributed by atoms with E-state index in [1.165, 1.54) is 11.1 Å². The van der Waals surface area contributed by atoms with Crippen LogP contribution in [-0.2, 0) is 9.59 Å². The largest absolute Gasteiger partial charge is 0.506 e. The highest BCUT2D eigenvalue weighted by atomic mass is 79.9. The van der Waals surface area contributed by atoms with Crippen molar-refractivity contribution in [3.8, 4) is 5.75 Å². The van der Waals surface area contributed by atoms with Crippen LogP contribution >= 0.6 is 31.9 Å². The number of carbonyl (C=O) groups is 2. The van der Waals surface area contributed by atoms with Gasteiger partial charge in [-0.25, -0.2) is 5.43 Å². The van der Waals surface area contributed by atoms with Gasteiger partial charge in [-0.05, 0) is 57.4 Å². The third-order valence-electron chi connectivity index (χ3n) is 4.60. The molecule has 9 heteroatoms. The number of phenols is 1. The van der Waals surface area contributed by atoms with E-state index >= 15 is 0 Å². The fourth-order valence-corrected chi connectivity index (χ4v) is 4.13. The van der Waals surface area contributed by atoms with Gasteiger partial charge >= 0.3 is 5.97 Å². The molecule has 0 radical (unpaired) electrons. The number of nitrogens with one attached hydrogen (secondary N) is 1. The van der Waals surface area contributed by atoms with Crippen molar-refractivity contribution in [3.63, 3.8) is 0 Å². The molecule has 0 heterocycles. The highest BCUT2D eigenvalue weighted by molar-refractivity contribution is 9.11. The first-order valence-electron chi connectivity index (χ1n) is 9.21. The standard InChI is InChI=1S/C22H19Br2N3O4/c1-13-18(23)9-16(22(31)21(13)24)10-25-26-19(28)11-27(12-20(29)30)17-7-6-14-4-2-3-5-15(14)8-17/h2-10,31H,11-12H2,1H3,(H,26,28)(H,29,30)/b25-10+. The average molecular weight is 549 g/mol. The number of anilines is 1. The molecule has 0 bridgehead atoms. The van der Waals surface area contributed by atoms with Gasteiger partial charge < -0.3 is 15.1 Å². The molecule has 0 aliphatic rings. The smallest absolute Gasteiger partial charge is 0.323 e. The Morgan fingerprint density at radius 2 is 1.81 bits per heavy atom. The third kappa shape index (κ3) is 5.62. The molecule has 0 aromatic heterocycles. The minimum atomic E-state index is -1.05. The Kier molecular flexibility index (Phi) is 7.29. The van der Waals surface area contributed by atoms with E-state index < -0.39 is 11.9 Å². The van der Waals surface area contributed by atoms with E-state index in [2.05, 4.69) is 42.4 Å². The zero-order valence-electron chi connectivity index (χ0n) is 16.5. The molecule has 3 aromatic carbocycles. The molecule has 0 aliphatic heterocycles. The van der Waals surface area contributed by atoms with Crippen molar-refractivity contribution in [2.75, 3.05) is 18.0 Å². The summed E-state index contributed by atoms with van der Waals surface area (Å²) in [6.45, 7) is 1.30. The molecular weight excluding hydrogens is 530 g/mol. The zero-order chi connectivity index (χ0) is 22.5. The molecular formula is C22H19Br2N3O4. The first-order valence-corrected chi connectivity index (χ1v) is 10.8. The average Bonchev–Trinajstić information content (AvgIpc) is 2.74. The Morgan fingerprint density at radius 3 is 2.52 bits per heavy atom. The first kappa shape index (κ1) is 22.8. The fourth-order valence-electron chi connectivity index (χ4n) is 2.98. The summed E-state index contributed by atoms with van der Waals surface area (Å²) in [7, 11) is 0. The van der Waals surface area contributed by atoms with E-state index in [1.807, 2.05) is 43.3 Å². The van der Waals surface area contributed by atoms with E-state index in [9.17, 15) is 19.8 Å². The van der Waals surface area contributed by atoms with Crippen LogP contribution in [0.3, 0.4) is 0 Å². The molecule has 0 saturated carbocycles. The number of rotatable bonds is 7. The lowest BCUT2D eigenvalue weighted by molar-refractivity contribution is -0.135. The van der Waals surface area contributed by atoms with Gasteiger partial charge in [-0.2, -0.15) is 5.10 Å². The Bertz CT molecular complexity index is 1180. The van der Waals surface area contributed by atoms with Crippen LogP contribution in [-0.4, -0.2) is 41.4 Å². The summed E-state index contributed by atoms with van der Waals surface area (Å²) in [5.41, 5.74) is 4.23. The second-order valence-electron chi connectivity index (χ2n) is 6.81. The highest BCUT2D eigenvalue weighted by Gasteiger charge is 2.15. The predicted molar refractivity (Wildman–Crippen MR) is 128 cm³/mol. The third-order valence-corrected chi connectivity index (χ3v) is 6.40. The lowest BCUT2D eigenvalue weighted by Gasteiger charge is -2.22. The summed E-state index contributed by atoms with van der Waals surface area (Å²) in [5.74, 6) is -1.54. The minimum Gasteiger partial charge on any atom is -0.506 e. The SMILES string of the molecule is Cc1c(Br)cc(/C=N/NC(=O)CN(CC(=O)O)c2ccc3ccccc3c2)c(O)c1Br. The van der Waals surface area contributed by atoms with Crippen LogP contribution in [0.5, 0.6) is 5.75 Å². The van der Waals surface area contributed by atoms with Gasteiger partial charge in [0.15, 0.2) is 0 Å². The quantitative estimate of drug-likeness (QED) is 0.299. The minimum absolute atomic E-state index is 0.00219. The number of hydrogen-bond donors (Lipinski definition) is 3. The van der Waals surface area contributed by atoms with Crippen LogP contribution < -0.4 is 10.3 Å². The van der Waals surface area contributed by atoms with Gasteiger partial charge in [0.1, 0.15) is 12.3 Å². The Labute approximate surface area is 195 Å². The van der Waals surface area contributed by atoms with Crippen LogP contribution in [0.15, 0.2) is 62.6 Å². The van der Waals surface area contributed by atoms with E-state index in [4.69, 9.17) is 0 Å². The number of fused-ring (bicyclic) bond motifs is 1. The molecule has 0 saturated heterocycles. The molecule has 1 amide bonds. The topological polar surface area (TPSA) is 102 Å². The number of aliphatic carboxylic acids is 1. The summed E-state index contributed by atoms with van der Waals surface area (Å²) in [4.78, 5) is 25.2. The number of carboxylic acid groups (broad SMARTS) is 1. The molecule has 160 valence electrons. The van der Waals surface area contributed by atoms with Crippen LogP contribution in [0.1, 0.15) is 11.1 Å². The van der Waals surface area contributed by atoms with E-state index in [1.54, 1.807) is 12.1 Å². The number of phenolic OH excluding ortho intramolecular Hbond substituents is 1. The zero-order valence-corrected chi connectivity index (χ0v) is 19.6. The van der Waals surface area contributed by atoms with Gasteiger partial charge in [0, 0.05) is 15.7 Å². The predicted octanol–water partition coefficient (Wildman–Crippen LogP) is 4.42. The maximum absolute atomic E-state index is 12.4. The molecule has 0 atom stereocenters. The lowest BCUT2D eigenvalue weighted by Crippen LogP contribution is -2.38. The van der Waals surface area contributed by atoms with Gasteiger partial charge in [0.05, 0.1) is 17.2 Å². The second-order valence-corrected chi connectivity index (χ2v) is 8.46. The van der Waals surface area contributed by atoms with Crippen LogP contribution in [0.4, 0.5) is 5.69 Å². The summed E-state index contributed by atoms with van der Waals surface area (Å²) in [5, 5.41) is 25.3. The first-order chi connectivity index (χ1) is 14.8. The van der Waals surface area contributed by atoms with Crippen LogP contribution in [0, 0.1) is 6.92 Å². The van der Waals surface area contributed by atoms with Crippen molar-refractivity contribution < 1.29 is 19.8 Å². The molecule has 0 aliphatic carbocycles. The Balaban J connectivity index is 1.74. The van der Waals surface area contributed by atoms with E-state index in [-0.39, 0.29) is 18.8 Å². The maximum Gasteiger partial charge on any atom is 0.323 e. The number of carbonyl (C=O) groups excluding carboxylic acids is 1. The second kappa shape index (κ2) is 9.93. The number of nitrogens with zero attached hydrogens (tertiary/aromatic N) is 2. The number of benzene rings is 3. The van der Waals surface area contributed by atoms with Crippen molar-refractivity contribution in [3.05, 3.63) is 68.6 Å². The fraction of sp³-hybridized carbons (Fsp3) is 0.136. The molecule has 31 heavy (non-hydrogen) atoms. The summed E-state index contributed by atoms with van der Waals surface area (Å²) in [6, 6.07) is 14.9. The lowest BCUT2D eigenvalue weighted by atomic mass is 10.1. The molecule has 0 spiro atoms. The molecule has 3 aromatic rings. The van der Waals surface area contributed by atoms with Gasteiger partial charge in [-0.1, -0.05) is 46.3 Å². The maximum atomic E-state index is 12.4. The highest BCUT2D eigenvalue weighted by Crippen LogP contribution is 2.35. The molecule has 3 N–H and O–H groups in total. The number of halogens is 2. The van der Waals surface area contributed by atoms with E-state index in [0.29, 0.717) is 15.7 Å². The van der Waals surface area contributed by atoms with Gasteiger partial charge in [-0.15, -0.1) is 0 Å². The van der Waals surface area contributed by atoms with Gasteiger partial charge in [-0.3, -0.25) is 9.59 Å². The number of amides is 1. The van der Waals surface area contributed by atoms with Crippen molar-refractivity contribution in [1.29, 1.82) is 0 Å². The normalized spacial score (nSPS) is 11.1. The molecule has 3 rings (SSSR count). The Morgan fingerprint density at radius 1 is 1.10 bits per heavy atom. The van der Waals surface area contributed by atoms with Gasteiger partial charge in [0.25, 0.3) is 5.91 Å². The summed E-state index contributed by atoms with van der Waals surface area (Å²) >= 11 is 6.71. The number of carboxylic acids is 1. The summed E-state index contributed by atoms with van der Waals surface area (Å²) in [6.07, 6.45) is 1.32. The van der Waals surface area contributed by atoms with Crippen molar-refractivity contribution in [2.24, 2.45) is 5.10 Å². The molecule has 0 unspecified atom stereocenters. The molecule has 7 nitrogen and oxygen atoms in total. The van der Waals surface area contributed by atoms with Crippen LogP contribution in [0.25, 0.3) is 10.8 Å². The number of aromatic hydroxyl groups is 1. The van der Waals surface area contributed by atoms with Gasteiger partial charge in [0.2, 0.25) is 0 Å². The number of hydrazone groups is 1. The van der Waals surface area contributed by atoms with Crippen LogP contribution in [0.2, 0.25) is 0 Å². The Hall–Kier alpha value is -2.91. The number of hydrogen-bond acceptors (Lipinski definition) is 5. The van der Waals surface area contributed by atoms with Crippen molar-refractivity contribution in [2.45, 2.75) is 6.92 Å². The van der Waals surface area contributed by atoms with Crippen molar-refractivity contribution >= 4 is 66.4 Å². The summed E-state index contributed by atoms with van der Waals surface area (Å²) < 4.78 is 1.30. The monoisotopic (exact) mass is 547 g/mol.